The van der Waals surface area contributed by atoms with Gasteiger partial charge in [-0.05, 0) is 23.8 Å². The Labute approximate surface area is 147 Å². The summed E-state index contributed by atoms with van der Waals surface area (Å²) in [4.78, 5) is 18.2. The van der Waals surface area contributed by atoms with Gasteiger partial charge in [0, 0.05) is 18.9 Å². The van der Waals surface area contributed by atoms with Gasteiger partial charge < -0.3 is 9.64 Å². The maximum absolute atomic E-state index is 14.3. The molecule has 1 saturated carbocycles. The summed E-state index contributed by atoms with van der Waals surface area (Å²) in [5, 5.41) is 8.90. The number of anilines is 1. The number of hydrogen-bond acceptors (Lipinski definition) is 5. The third kappa shape index (κ3) is 2.06. The Bertz CT molecular complexity index is 1040. The van der Waals surface area contributed by atoms with E-state index in [1.165, 1.54) is 12.1 Å². The summed E-state index contributed by atoms with van der Waals surface area (Å²) in [6.45, 7) is 0.710. The van der Waals surface area contributed by atoms with Crippen LogP contribution in [0.15, 0.2) is 29.1 Å². The van der Waals surface area contributed by atoms with Crippen molar-refractivity contribution in [2.75, 3.05) is 11.4 Å². The van der Waals surface area contributed by atoms with E-state index in [9.17, 15) is 13.6 Å². The number of halogens is 2. The molecule has 2 bridgehead atoms. The second-order valence-corrected chi connectivity index (χ2v) is 7.38. The fraction of sp³-hybridized carbons (Fsp3) is 0.389. The van der Waals surface area contributed by atoms with E-state index >= 15 is 0 Å². The van der Waals surface area contributed by atoms with Crippen LogP contribution in [0.2, 0.25) is 0 Å². The molecule has 4 heterocycles. The molecule has 1 aliphatic carbocycles. The number of hydrogen-bond donors (Lipinski definition) is 0. The zero-order valence-electron chi connectivity index (χ0n) is 13.7. The smallest absolute Gasteiger partial charge is 0.352 e. The minimum Gasteiger partial charge on any atom is -0.473 e. The molecule has 1 spiro atoms. The fourth-order valence-corrected chi connectivity index (χ4v) is 4.57. The molecule has 1 aromatic carbocycles. The molecule has 6 rings (SSSR count). The molecule has 132 valence electrons. The second-order valence-electron chi connectivity index (χ2n) is 7.38. The summed E-state index contributed by atoms with van der Waals surface area (Å²) in [6, 6.07) is 7.42. The molecule has 0 amide bonds. The lowest BCUT2D eigenvalue weighted by Gasteiger charge is -2.40. The zero-order valence-corrected chi connectivity index (χ0v) is 13.7. The number of benzene rings is 1. The first-order valence-electron chi connectivity index (χ1n) is 8.31. The molecule has 0 radical (unpaired) electrons. The quantitative estimate of drug-likeness (QED) is 0.840. The van der Waals surface area contributed by atoms with E-state index in [-0.39, 0.29) is 30.1 Å². The highest BCUT2D eigenvalue weighted by molar-refractivity contribution is 5.56. The summed E-state index contributed by atoms with van der Waals surface area (Å²) >= 11 is 0. The monoisotopic (exact) mass is 356 g/mol. The molecular formula is C18H14F2N4O2. The van der Waals surface area contributed by atoms with Crippen molar-refractivity contribution in [1.82, 2.24) is 9.55 Å². The predicted octanol–water partition coefficient (Wildman–Crippen LogP) is 1.91. The summed E-state index contributed by atoms with van der Waals surface area (Å²) in [7, 11) is 0. The first kappa shape index (κ1) is 15.3. The number of nitrogens with zero attached hydrogens (tertiary/aromatic N) is 4. The van der Waals surface area contributed by atoms with Crippen LogP contribution in [-0.4, -0.2) is 27.3 Å². The summed E-state index contributed by atoms with van der Waals surface area (Å²) in [5.74, 6) is 0.198. The molecule has 8 heteroatoms. The molecule has 3 fully saturated rings. The molecular weight excluding hydrogens is 342 g/mol. The number of ether oxygens (including phenoxy) is 1. The van der Waals surface area contributed by atoms with E-state index < -0.39 is 17.2 Å². The van der Waals surface area contributed by atoms with Gasteiger partial charge in [0.2, 0.25) is 5.88 Å². The van der Waals surface area contributed by atoms with Crippen molar-refractivity contribution in [3.05, 3.63) is 51.7 Å². The second kappa shape index (κ2) is 4.81. The molecule has 1 aromatic heterocycles. The van der Waals surface area contributed by atoms with Gasteiger partial charge in [-0.25, -0.2) is 13.6 Å². The van der Waals surface area contributed by atoms with Crippen molar-refractivity contribution in [2.45, 2.75) is 37.2 Å². The Hall–Kier alpha value is -2.95. The molecule has 4 aliphatic rings. The molecule has 0 N–H and O–H groups in total. The standard InChI is InChI=1S/C18H14F2N4O2/c19-13-2-11(5-21)1-12(3-13)6-26-14-4-15-23(16(25)22-14)10-18-7-17(20,8-18)9-24(15)18/h1-4H,6-10H2. The lowest BCUT2D eigenvalue weighted by Crippen LogP contribution is -2.50. The minimum absolute atomic E-state index is 0.0273. The van der Waals surface area contributed by atoms with Crippen LogP contribution in [-0.2, 0) is 13.2 Å². The van der Waals surface area contributed by atoms with Gasteiger partial charge in [0.15, 0.2) is 0 Å². The molecule has 3 aliphatic heterocycles. The lowest BCUT2D eigenvalue weighted by molar-refractivity contribution is 0.0573. The molecule has 0 unspecified atom stereocenters. The highest BCUT2D eigenvalue weighted by Gasteiger charge is 2.69. The first-order valence-corrected chi connectivity index (χ1v) is 8.31. The molecule has 2 aromatic rings. The Balaban J connectivity index is 1.42. The van der Waals surface area contributed by atoms with E-state index in [4.69, 9.17) is 10.00 Å². The Kier molecular flexibility index (Phi) is 2.84. The average Bonchev–Trinajstić information content (AvgIpc) is 3.12. The molecule has 2 saturated heterocycles. The van der Waals surface area contributed by atoms with Crippen LogP contribution < -0.4 is 15.3 Å². The average molecular weight is 356 g/mol. The van der Waals surface area contributed by atoms with Crippen LogP contribution in [0.1, 0.15) is 24.0 Å². The number of aromatic nitrogens is 2. The van der Waals surface area contributed by atoms with E-state index in [1.54, 1.807) is 10.6 Å². The lowest BCUT2D eigenvalue weighted by atomic mass is 9.71. The number of alkyl halides is 1. The predicted molar refractivity (Wildman–Crippen MR) is 87.1 cm³/mol. The maximum Gasteiger partial charge on any atom is 0.352 e. The number of fused-ring (bicyclic) bond motifs is 1. The van der Waals surface area contributed by atoms with Crippen LogP contribution in [0.3, 0.4) is 0 Å². The Morgan fingerprint density at radius 3 is 2.85 bits per heavy atom. The summed E-state index contributed by atoms with van der Waals surface area (Å²) in [6.07, 6.45) is 0.884. The van der Waals surface area contributed by atoms with Crippen LogP contribution >= 0.6 is 0 Å². The van der Waals surface area contributed by atoms with Crippen LogP contribution in [0.5, 0.6) is 5.88 Å². The van der Waals surface area contributed by atoms with Crippen LogP contribution in [0.25, 0.3) is 0 Å². The topological polar surface area (TPSA) is 71.1 Å². The molecule has 26 heavy (non-hydrogen) atoms. The highest BCUT2D eigenvalue weighted by Crippen LogP contribution is 2.60. The van der Waals surface area contributed by atoms with Gasteiger partial charge in [0.05, 0.1) is 30.3 Å². The van der Waals surface area contributed by atoms with Gasteiger partial charge >= 0.3 is 5.69 Å². The van der Waals surface area contributed by atoms with E-state index in [2.05, 4.69) is 4.98 Å². The molecule has 6 nitrogen and oxygen atoms in total. The van der Waals surface area contributed by atoms with Crippen molar-refractivity contribution in [2.24, 2.45) is 0 Å². The van der Waals surface area contributed by atoms with E-state index in [0.29, 0.717) is 30.8 Å². The van der Waals surface area contributed by atoms with Gasteiger partial charge in [-0.15, -0.1) is 0 Å². The van der Waals surface area contributed by atoms with Crippen molar-refractivity contribution in [1.29, 1.82) is 5.26 Å². The Morgan fingerprint density at radius 1 is 1.27 bits per heavy atom. The Morgan fingerprint density at radius 2 is 2.08 bits per heavy atom. The van der Waals surface area contributed by atoms with Crippen molar-refractivity contribution in [3.63, 3.8) is 0 Å². The SMILES string of the molecule is N#Cc1cc(F)cc(COc2cc3n(c(=O)n2)CC24CC(F)(CN32)C4)c1. The van der Waals surface area contributed by atoms with Crippen molar-refractivity contribution in [3.8, 4) is 11.9 Å². The number of rotatable bonds is 3. The van der Waals surface area contributed by atoms with Gasteiger partial charge in [0.25, 0.3) is 0 Å². The first-order chi connectivity index (χ1) is 12.4. The van der Waals surface area contributed by atoms with Gasteiger partial charge in [-0.3, -0.25) is 4.57 Å². The normalized spacial score (nSPS) is 27.5. The third-order valence-electron chi connectivity index (χ3n) is 5.47. The number of nitriles is 1. The zero-order chi connectivity index (χ0) is 18.1. The maximum atomic E-state index is 14.3. The van der Waals surface area contributed by atoms with Gasteiger partial charge in [0.1, 0.15) is 23.9 Å². The largest absolute Gasteiger partial charge is 0.473 e. The van der Waals surface area contributed by atoms with Crippen LogP contribution in [0.4, 0.5) is 14.6 Å². The van der Waals surface area contributed by atoms with Gasteiger partial charge in [-0.1, -0.05) is 0 Å². The van der Waals surface area contributed by atoms with Gasteiger partial charge in [-0.2, -0.15) is 10.2 Å². The summed E-state index contributed by atoms with van der Waals surface area (Å²) < 4.78 is 34.9. The van der Waals surface area contributed by atoms with E-state index in [1.807, 2.05) is 11.0 Å². The van der Waals surface area contributed by atoms with Crippen molar-refractivity contribution >= 4 is 5.82 Å². The third-order valence-corrected chi connectivity index (χ3v) is 5.47. The van der Waals surface area contributed by atoms with E-state index in [0.717, 1.165) is 6.07 Å². The summed E-state index contributed by atoms with van der Waals surface area (Å²) in [5.41, 5.74) is -1.23. The minimum atomic E-state index is -1.15. The molecule has 0 atom stereocenters. The fourth-order valence-electron chi connectivity index (χ4n) is 4.57. The highest BCUT2D eigenvalue weighted by atomic mass is 19.1. The van der Waals surface area contributed by atoms with Crippen molar-refractivity contribution < 1.29 is 13.5 Å². The van der Waals surface area contributed by atoms with Crippen LogP contribution in [0, 0.1) is 17.1 Å².